The molecule has 0 atom stereocenters. The summed E-state index contributed by atoms with van der Waals surface area (Å²) >= 11 is 1.62. The maximum atomic E-state index is 12.2. The van der Waals surface area contributed by atoms with Gasteiger partial charge >= 0.3 is 0 Å². The van der Waals surface area contributed by atoms with Crippen LogP contribution in [0, 0.1) is 3.57 Å². The van der Waals surface area contributed by atoms with Gasteiger partial charge in [0.2, 0.25) is 0 Å². The van der Waals surface area contributed by atoms with Gasteiger partial charge in [0.15, 0.2) is 6.29 Å². The zero-order valence-corrected chi connectivity index (χ0v) is 8.33. The summed E-state index contributed by atoms with van der Waals surface area (Å²) in [5, 5.41) is 9.05. The summed E-state index contributed by atoms with van der Waals surface area (Å²) in [6.07, 6.45) is -2.51. The van der Waals surface area contributed by atoms with Crippen LogP contribution >= 0.6 is 22.6 Å². The lowest BCUT2D eigenvalue weighted by molar-refractivity contribution is 0.111. The average molecular weight is 299 g/mol. The van der Waals surface area contributed by atoms with Crippen LogP contribution in [0.5, 0.6) is 5.75 Å². The highest BCUT2D eigenvalue weighted by molar-refractivity contribution is 14.1. The highest BCUT2D eigenvalue weighted by atomic mass is 127. The van der Waals surface area contributed by atoms with E-state index in [1.807, 2.05) is 0 Å². The van der Waals surface area contributed by atoms with Crippen molar-refractivity contribution < 1.29 is 18.7 Å². The third-order valence-electron chi connectivity index (χ3n) is 1.33. The first-order chi connectivity index (χ1) is 6.06. The van der Waals surface area contributed by atoms with Crippen LogP contribution in [0.25, 0.3) is 0 Å². The Hall–Kier alpha value is -0.790. The van der Waals surface area contributed by atoms with Crippen molar-refractivity contribution in [2.45, 2.75) is 6.43 Å². The molecule has 0 radical (unpaired) electrons. The smallest absolute Gasteiger partial charge is 0.281 e. The molecule has 0 spiro atoms. The second-order valence-electron chi connectivity index (χ2n) is 2.18. The van der Waals surface area contributed by atoms with Gasteiger partial charge in [-0.2, -0.15) is 0 Å². The van der Waals surface area contributed by atoms with Gasteiger partial charge in [-0.25, -0.2) is 13.8 Å². The van der Waals surface area contributed by atoms with E-state index in [0.29, 0.717) is 0 Å². The molecule has 3 nitrogen and oxygen atoms in total. The van der Waals surface area contributed by atoms with Crippen molar-refractivity contribution in [2.24, 2.45) is 0 Å². The molecule has 0 aliphatic rings. The quantitative estimate of drug-likeness (QED) is 0.672. The fraction of sp³-hybridized carbons (Fsp3) is 0.143. The van der Waals surface area contributed by atoms with Crippen molar-refractivity contribution in [1.82, 2.24) is 4.98 Å². The maximum absolute atomic E-state index is 12.2. The van der Waals surface area contributed by atoms with Crippen molar-refractivity contribution in [1.29, 1.82) is 0 Å². The average Bonchev–Trinajstić information content (AvgIpc) is 2.03. The van der Waals surface area contributed by atoms with Crippen molar-refractivity contribution in [3.63, 3.8) is 0 Å². The second kappa shape index (κ2) is 3.95. The molecule has 0 amide bonds. The molecule has 0 saturated carbocycles. The van der Waals surface area contributed by atoms with Gasteiger partial charge in [0, 0.05) is 3.57 Å². The number of aldehydes is 1. The standard InChI is InChI=1S/C7H4F2INO2/c8-7(9)6-3(10)1-5(13)4(2-12)11-6/h1-2,7,13H. The molecule has 0 saturated heterocycles. The number of hydrogen-bond donors (Lipinski definition) is 1. The zero-order valence-electron chi connectivity index (χ0n) is 6.17. The highest BCUT2D eigenvalue weighted by Gasteiger charge is 2.16. The fourth-order valence-electron chi connectivity index (χ4n) is 0.748. The van der Waals surface area contributed by atoms with E-state index in [9.17, 15) is 13.6 Å². The molecule has 70 valence electrons. The molecule has 0 fully saturated rings. The van der Waals surface area contributed by atoms with E-state index in [0.717, 1.165) is 6.07 Å². The minimum absolute atomic E-state index is 0.135. The SMILES string of the molecule is O=Cc1nc(C(F)F)c(I)cc1O. The Labute approximate surface area is 85.9 Å². The summed E-state index contributed by atoms with van der Waals surface area (Å²) in [5.41, 5.74) is -0.851. The molecule has 1 heterocycles. The number of halogens is 3. The number of pyridine rings is 1. The Morgan fingerprint density at radius 2 is 2.23 bits per heavy atom. The first-order valence-corrected chi connectivity index (χ1v) is 4.27. The van der Waals surface area contributed by atoms with Gasteiger partial charge in [-0.3, -0.25) is 4.79 Å². The summed E-state index contributed by atoms with van der Waals surface area (Å²) in [6, 6.07) is 1.08. The molecular weight excluding hydrogens is 295 g/mol. The number of carbonyl (C=O) groups is 1. The molecular formula is C7H4F2INO2. The third kappa shape index (κ3) is 2.11. The van der Waals surface area contributed by atoms with Gasteiger partial charge in [0.25, 0.3) is 6.43 Å². The van der Waals surface area contributed by atoms with Gasteiger partial charge in [-0.15, -0.1) is 0 Å². The van der Waals surface area contributed by atoms with Crippen molar-refractivity contribution in [2.75, 3.05) is 0 Å². The van der Waals surface area contributed by atoms with Gasteiger partial charge in [-0.1, -0.05) is 0 Å². The van der Waals surface area contributed by atoms with E-state index in [2.05, 4.69) is 4.98 Å². The fourth-order valence-corrected chi connectivity index (χ4v) is 1.40. The number of hydrogen-bond acceptors (Lipinski definition) is 3. The molecule has 1 N–H and O–H groups in total. The number of nitrogens with zero attached hydrogens (tertiary/aromatic N) is 1. The molecule has 6 heteroatoms. The van der Waals surface area contributed by atoms with Crippen molar-refractivity contribution >= 4 is 28.9 Å². The number of alkyl halides is 2. The first-order valence-electron chi connectivity index (χ1n) is 3.19. The molecule has 1 aromatic rings. The molecule has 13 heavy (non-hydrogen) atoms. The monoisotopic (exact) mass is 299 g/mol. The Kier molecular flexibility index (Phi) is 3.12. The predicted molar refractivity (Wildman–Crippen MR) is 49.0 cm³/mol. The molecule has 0 aromatic carbocycles. The summed E-state index contributed by atoms with van der Waals surface area (Å²) < 4.78 is 24.6. The Morgan fingerprint density at radius 1 is 1.62 bits per heavy atom. The summed E-state index contributed by atoms with van der Waals surface area (Å²) in [7, 11) is 0. The summed E-state index contributed by atoms with van der Waals surface area (Å²) in [6.45, 7) is 0. The third-order valence-corrected chi connectivity index (χ3v) is 2.19. The van der Waals surface area contributed by atoms with Crippen LogP contribution in [-0.2, 0) is 0 Å². The zero-order chi connectivity index (χ0) is 10.0. The van der Waals surface area contributed by atoms with Crippen LogP contribution in [0.1, 0.15) is 22.6 Å². The van der Waals surface area contributed by atoms with E-state index in [-0.39, 0.29) is 21.3 Å². The lowest BCUT2D eigenvalue weighted by atomic mass is 10.3. The second-order valence-corrected chi connectivity index (χ2v) is 3.34. The van der Waals surface area contributed by atoms with Crippen molar-refractivity contribution in [3.8, 4) is 5.75 Å². The maximum Gasteiger partial charge on any atom is 0.281 e. The molecule has 0 unspecified atom stereocenters. The normalized spacial score (nSPS) is 10.5. The van der Waals surface area contributed by atoms with Crippen LogP contribution < -0.4 is 0 Å². The molecule has 1 rings (SSSR count). The number of rotatable bonds is 2. The topological polar surface area (TPSA) is 50.2 Å². The van der Waals surface area contributed by atoms with E-state index < -0.39 is 12.1 Å². The lowest BCUT2D eigenvalue weighted by Gasteiger charge is -2.04. The molecule has 0 aliphatic carbocycles. The summed E-state index contributed by atoms with van der Waals surface area (Å²) in [5.74, 6) is -0.385. The number of aromatic hydroxyl groups is 1. The Balaban J connectivity index is 3.30. The van der Waals surface area contributed by atoms with Crippen LogP contribution in [-0.4, -0.2) is 16.4 Å². The minimum Gasteiger partial charge on any atom is -0.506 e. The van der Waals surface area contributed by atoms with Gasteiger partial charge in [0.1, 0.15) is 17.1 Å². The molecule has 0 bridgehead atoms. The highest BCUT2D eigenvalue weighted by Crippen LogP contribution is 2.26. The van der Waals surface area contributed by atoms with E-state index in [1.54, 1.807) is 22.6 Å². The Bertz CT molecular complexity index is 344. The van der Waals surface area contributed by atoms with Gasteiger partial charge < -0.3 is 5.11 Å². The van der Waals surface area contributed by atoms with E-state index in [1.165, 1.54) is 0 Å². The molecule has 0 aliphatic heterocycles. The van der Waals surface area contributed by atoms with Crippen LogP contribution in [0.15, 0.2) is 6.07 Å². The lowest BCUT2D eigenvalue weighted by Crippen LogP contribution is -1.98. The van der Waals surface area contributed by atoms with Crippen LogP contribution in [0.2, 0.25) is 0 Å². The predicted octanol–water partition coefficient (Wildman–Crippen LogP) is 2.14. The van der Waals surface area contributed by atoms with Gasteiger partial charge in [0.05, 0.1) is 0 Å². The van der Waals surface area contributed by atoms with Crippen molar-refractivity contribution in [3.05, 3.63) is 21.0 Å². The molecule has 1 aromatic heterocycles. The van der Waals surface area contributed by atoms with Crippen LogP contribution in [0.4, 0.5) is 8.78 Å². The largest absolute Gasteiger partial charge is 0.506 e. The summed E-state index contributed by atoms with van der Waals surface area (Å²) in [4.78, 5) is 13.6. The van der Waals surface area contributed by atoms with Crippen LogP contribution in [0.3, 0.4) is 0 Å². The van der Waals surface area contributed by atoms with E-state index >= 15 is 0 Å². The first kappa shape index (κ1) is 10.3. The number of aromatic nitrogens is 1. The van der Waals surface area contributed by atoms with Gasteiger partial charge in [-0.05, 0) is 28.7 Å². The van der Waals surface area contributed by atoms with E-state index in [4.69, 9.17) is 5.11 Å². The number of carbonyl (C=O) groups excluding carboxylic acids is 1. The minimum atomic E-state index is -2.74. The Morgan fingerprint density at radius 3 is 2.69 bits per heavy atom.